The summed E-state index contributed by atoms with van der Waals surface area (Å²) < 4.78 is 15.6. The van der Waals surface area contributed by atoms with E-state index in [9.17, 15) is 0 Å². The second-order valence-corrected chi connectivity index (χ2v) is 4.52. The summed E-state index contributed by atoms with van der Waals surface area (Å²) in [6.45, 7) is 4.08. The second kappa shape index (κ2) is 4.26. The summed E-state index contributed by atoms with van der Waals surface area (Å²) in [6.07, 6.45) is 2.43. The molecule has 1 aromatic heterocycles. The van der Waals surface area contributed by atoms with E-state index in [2.05, 4.69) is 37.7 Å². The van der Waals surface area contributed by atoms with Crippen LogP contribution in [0.5, 0.6) is 0 Å². The maximum Gasteiger partial charge on any atom is 0.225 e. The van der Waals surface area contributed by atoms with E-state index in [4.69, 9.17) is 2.74 Å². The van der Waals surface area contributed by atoms with Crippen molar-refractivity contribution in [1.82, 2.24) is 9.97 Å². The van der Waals surface area contributed by atoms with Gasteiger partial charge in [-0.05, 0) is 34.7 Å². The van der Waals surface area contributed by atoms with Crippen LogP contribution in [0.4, 0.5) is 5.95 Å². The zero-order chi connectivity index (χ0) is 11.7. The largest absolute Gasteiger partial charge is 0.341 e. The summed E-state index contributed by atoms with van der Waals surface area (Å²) in [5, 5.41) is 0. The smallest absolute Gasteiger partial charge is 0.225 e. The Bertz CT molecular complexity index is 369. The molecule has 0 N–H and O–H groups in total. The van der Waals surface area contributed by atoms with Crippen LogP contribution in [0.2, 0.25) is 0 Å². The number of rotatable bonds is 1. The highest BCUT2D eigenvalue weighted by Crippen LogP contribution is 2.20. The van der Waals surface area contributed by atoms with Crippen molar-refractivity contribution in [3.05, 3.63) is 16.8 Å². The van der Waals surface area contributed by atoms with E-state index in [1.165, 1.54) is 0 Å². The first-order chi connectivity index (χ1) is 7.58. The van der Waals surface area contributed by atoms with Crippen molar-refractivity contribution >= 4 is 21.9 Å². The van der Waals surface area contributed by atoms with Crippen LogP contribution in [0.3, 0.4) is 0 Å². The molecule has 0 atom stereocenters. The number of anilines is 1. The van der Waals surface area contributed by atoms with E-state index < -0.39 is 0 Å². The molecule has 76 valence electrons. The molecule has 1 aliphatic heterocycles. The van der Waals surface area contributed by atoms with Crippen molar-refractivity contribution in [1.29, 1.82) is 0 Å². The van der Waals surface area contributed by atoms with Gasteiger partial charge in [-0.1, -0.05) is 6.92 Å². The molecule has 0 amide bonds. The van der Waals surface area contributed by atoms with Gasteiger partial charge in [0.05, 0.1) is 7.21 Å². The minimum absolute atomic E-state index is 0.0913. The standard InChI is InChI=1S/C10H14BrN3/c1-8-2-4-14(5-3-8)10-12-6-9(11)7-13-10/h6-8H,2-5H2,1H3/i6D,7D. The van der Waals surface area contributed by atoms with E-state index in [1.807, 2.05) is 0 Å². The maximum absolute atomic E-state index is 7.61. The molecule has 0 unspecified atom stereocenters. The summed E-state index contributed by atoms with van der Waals surface area (Å²) in [5.74, 6) is 1.27. The number of piperidine rings is 1. The molecule has 0 aliphatic carbocycles. The molecular weight excluding hydrogens is 242 g/mol. The van der Waals surface area contributed by atoms with Gasteiger partial charge in [-0.3, -0.25) is 0 Å². The van der Waals surface area contributed by atoms with E-state index in [1.54, 1.807) is 0 Å². The van der Waals surface area contributed by atoms with Crippen LogP contribution in [0.25, 0.3) is 0 Å². The summed E-state index contributed by atoms with van der Waals surface area (Å²) in [6, 6.07) is 0. The van der Waals surface area contributed by atoms with Gasteiger partial charge in [-0.25, -0.2) is 9.97 Å². The molecular formula is C10H14BrN3. The monoisotopic (exact) mass is 257 g/mol. The van der Waals surface area contributed by atoms with E-state index >= 15 is 0 Å². The summed E-state index contributed by atoms with van der Waals surface area (Å²) in [4.78, 5) is 10.3. The number of halogens is 1. The Hall–Kier alpha value is -0.640. The fourth-order valence-corrected chi connectivity index (χ4v) is 1.78. The third-order valence-electron chi connectivity index (χ3n) is 2.57. The molecule has 2 heterocycles. The Morgan fingerprint density at radius 1 is 1.43 bits per heavy atom. The van der Waals surface area contributed by atoms with E-state index in [0.29, 0.717) is 10.4 Å². The number of hydrogen-bond donors (Lipinski definition) is 0. The quantitative estimate of drug-likeness (QED) is 0.774. The molecule has 1 fully saturated rings. The number of hydrogen-bond acceptors (Lipinski definition) is 3. The highest BCUT2D eigenvalue weighted by atomic mass is 79.9. The van der Waals surface area contributed by atoms with Crippen molar-refractivity contribution in [2.24, 2.45) is 5.92 Å². The number of nitrogens with zero attached hydrogens (tertiary/aromatic N) is 3. The van der Waals surface area contributed by atoms with Crippen LogP contribution in [0, 0.1) is 5.92 Å². The van der Waals surface area contributed by atoms with Crippen LogP contribution in [0.15, 0.2) is 16.8 Å². The average molecular weight is 258 g/mol. The van der Waals surface area contributed by atoms with Gasteiger partial charge in [-0.15, -0.1) is 0 Å². The Morgan fingerprint density at radius 3 is 2.57 bits per heavy atom. The second-order valence-electron chi connectivity index (χ2n) is 3.73. The number of aromatic nitrogens is 2. The van der Waals surface area contributed by atoms with Crippen molar-refractivity contribution < 1.29 is 2.74 Å². The summed E-state index contributed by atoms with van der Waals surface area (Å²) in [5.41, 5.74) is 0. The van der Waals surface area contributed by atoms with Gasteiger partial charge in [0.15, 0.2) is 0 Å². The van der Waals surface area contributed by atoms with Crippen molar-refractivity contribution in [3.8, 4) is 0 Å². The molecule has 0 radical (unpaired) electrons. The topological polar surface area (TPSA) is 29.0 Å². The molecule has 14 heavy (non-hydrogen) atoms. The molecule has 1 aliphatic rings. The zero-order valence-electron chi connectivity index (χ0n) is 10.1. The normalized spacial score (nSPS) is 20.6. The van der Waals surface area contributed by atoms with Gasteiger partial charge in [0.2, 0.25) is 5.95 Å². The van der Waals surface area contributed by atoms with Crippen molar-refractivity contribution in [3.63, 3.8) is 0 Å². The lowest BCUT2D eigenvalue weighted by Gasteiger charge is -2.30. The SMILES string of the molecule is [2H]c1nc(N2CCC(C)CC2)nc([2H])c1Br. The van der Waals surface area contributed by atoms with Gasteiger partial charge in [0.1, 0.15) is 0 Å². The third-order valence-corrected chi connectivity index (χ3v) is 2.93. The van der Waals surface area contributed by atoms with Crippen molar-refractivity contribution in [2.75, 3.05) is 18.0 Å². The Balaban J connectivity index is 2.21. The van der Waals surface area contributed by atoms with Crippen LogP contribution in [-0.4, -0.2) is 23.1 Å². The summed E-state index contributed by atoms with van der Waals surface area (Å²) in [7, 11) is 0. The lowest BCUT2D eigenvalue weighted by molar-refractivity contribution is 0.434. The predicted molar refractivity (Wildman–Crippen MR) is 60.3 cm³/mol. The van der Waals surface area contributed by atoms with Gasteiger partial charge in [0, 0.05) is 25.4 Å². The predicted octanol–water partition coefficient (Wildman–Crippen LogP) is 2.48. The summed E-state index contributed by atoms with van der Waals surface area (Å²) >= 11 is 3.13. The first-order valence-corrected chi connectivity index (χ1v) is 5.63. The zero-order valence-corrected chi connectivity index (χ0v) is 9.71. The molecule has 1 saturated heterocycles. The fourth-order valence-electron chi connectivity index (χ4n) is 1.60. The molecule has 0 aromatic carbocycles. The van der Waals surface area contributed by atoms with Gasteiger partial charge in [-0.2, -0.15) is 0 Å². The van der Waals surface area contributed by atoms with Crippen molar-refractivity contribution in [2.45, 2.75) is 19.8 Å². The lowest BCUT2D eigenvalue weighted by atomic mass is 10.00. The Morgan fingerprint density at radius 2 is 2.00 bits per heavy atom. The van der Waals surface area contributed by atoms with Crippen LogP contribution >= 0.6 is 15.9 Å². The van der Waals surface area contributed by atoms with E-state index in [-0.39, 0.29) is 12.3 Å². The van der Waals surface area contributed by atoms with Crippen LogP contribution < -0.4 is 4.90 Å². The third kappa shape index (κ3) is 2.23. The van der Waals surface area contributed by atoms with Gasteiger partial charge < -0.3 is 4.90 Å². The average Bonchev–Trinajstić information content (AvgIpc) is 2.26. The molecule has 2 rings (SSSR count). The Kier molecular flexibility index (Phi) is 2.32. The molecule has 0 bridgehead atoms. The molecule has 0 spiro atoms. The molecule has 1 aromatic rings. The van der Waals surface area contributed by atoms with Crippen LogP contribution in [-0.2, 0) is 0 Å². The lowest BCUT2D eigenvalue weighted by Crippen LogP contribution is -2.33. The van der Waals surface area contributed by atoms with Crippen LogP contribution in [0.1, 0.15) is 22.5 Å². The first-order valence-electron chi connectivity index (χ1n) is 5.83. The highest BCUT2D eigenvalue weighted by Gasteiger charge is 2.17. The fraction of sp³-hybridized carbons (Fsp3) is 0.600. The molecule has 0 saturated carbocycles. The molecule has 3 nitrogen and oxygen atoms in total. The first kappa shape index (κ1) is 7.63. The Labute approximate surface area is 95.5 Å². The maximum atomic E-state index is 7.61. The minimum atomic E-state index is 0.0913. The van der Waals surface area contributed by atoms with Gasteiger partial charge in [0.25, 0.3) is 0 Å². The van der Waals surface area contributed by atoms with E-state index in [0.717, 1.165) is 31.8 Å². The van der Waals surface area contributed by atoms with Gasteiger partial charge >= 0.3 is 0 Å². The highest BCUT2D eigenvalue weighted by molar-refractivity contribution is 9.10. The molecule has 4 heteroatoms. The minimum Gasteiger partial charge on any atom is -0.341 e.